The molecule has 0 aromatic heterocycles. The van der Waals surface area contributed by atoms with Gasteiger partial charge in [0.15, 0.2) is 52.9 Å². The van der Waals surface area contributed by atoms with Crippen molar-refractivity contribution in [2.45, 2.75) is 369 Å². The monoisotopic (exact) mass is 1890 g/mol. The Kier molecular flexibility index (Phi) is 27.5. The second kappa shape index (κ2) is 36.6. The zero-order valence-corrected chi connectivity index (χ0v) is 88.4. The molecule has 0 heterocycles. The van der Waals surface area contributed by atoms with Crippen molar-refractivity contribution in [2.24, 2.45) is 178 Å². The molecule has 0 spiro atoms. The van der Waals surface area contributed by atoms with E-state index in [1.807, 2.05) is 65.0 Å². The quantitative estimate of drug-likeness (QED) is 0.121. The normalized spacial score (nSPS) is 46.3. The van der Waals surface area contributed by atoms with Gasteiger partial charge in [0.1, 0.15) is 29.2 Å². The smallest absolute Gasteiger partial charge is 0.303 e. The number of allylic oxidation sites excluding steroid dienone is 20. The number of fused-ring (bicyclic) bond motifs is 25. The van der Waals surface area contributed by atoms with Crippen molar-refractivity contribution in [1.29, 1.82) is 0 Å². The van der Waals surface area contributed by atoms with Crippen molar-refractivity contribution in [3.8, 4) is 0 Å². The molecular formula is C121H168O17. The van der Waals surface area contributed by atoms with Crippen molar-refractivity contribution < 1.29 is 82.3 Å². The predicted octanol–water partition coefficient (Wildman–Crippen LogP) is 23.0. The van der Waals surface area contributed by atoms with Crippen LogP contribution in [-0.4, -0.2) is 115 Å². The molecule has 20 rings (SSSR count). The molecule has 138 heavy (non-hydrogen) atoms. The summed E-state index contributed by atoms with van der Waals surface area (Å²) in [5.41, 5.74) is 8.93. The van der Waals surface area contributed by atoms with E-state index in [4.69, 9.17) is 9.47 Å². The van der Waals surface area contributed by atoms with Gasteiger partial charge in [-0.15, -0.1) is 0 Å². The number of esters is 2. The van der Waals surface area contributed by atoms with E-state index in [0.717, 1.165) is 116 Å². The third kappa shape index (κ3) is 15.8. The van der Waals surface area contributed by atoms with Gasteiger partial charge in [-0.05, 0) is 288 Å². The second-order valence-electron chi connectivity index (χ2n) is 51.2. The minimum Gasteiger partial charge on any atom is -0.458 e. The lowest BCUT2D eigenvalue weighted by Crippen LogP contribution is -2.58. The van der Waals surface area contributed by atoms with Crippen LogP contribution in [0.3, 0.4) is 0 Å². The number of ketones is 10. The van der Waals surface area contributed by atoms with Crippen molar-refractivity contribution in [3.05, 3.63) is 116 Å². The molecule has 10 saturated carbocycles. The van der Waals surface area contributed by atoms with Crippen LogP contribution >= 0.6 is 0 Å². The number of ether oxygens (including phenoxy) is 2. The van der Waals surface area contributed by atoms with Crippen LogP contribution in [0.1, 0.15) is 352 Å². The highest BCUT2D eigenvalue weighted by Gasteiger charge is 2.72. The summed E-state index contributed by atoms with van der Waals surface area (Å²) in [6.45, 7) is 50.4. The van der Waals surface area contributed by atoms with Gasteiger partial charge in [-0.1, -0.05) is 238 Å². The Morgan fingerprint density at radius 1 is 0.319 bits per heavy atom. The summed E-state index contributed by atoms with van der Waals surface area (Å²) in [6.07, 6.45) is 45.5. The Hall–Kier alpha value is -7.08. The molecule has 17 heteroatoms. The average molecular weight is 1890 g/mol. The van der Waals surface area contributed by atoms with Crippen LogP contribution in [0.4, 0.5) is 0 Å². The van der Waals surface area contributed by atoms with Gasteiger partial charge < -0.3 is 24.8 Å². The lowest BCUT2D eigenvalue weighted by Gasteiger charge is -2.56. The maximum Gasteiger partial charge on any atom is 0.303 e. The highest BCUT2D eigenvalue weighted by atomic mass is 16.5. The summed E-state index contributed by atoms with van der Waals surface area (Å²) in [4.78, 5) is 147. The van der Waals surface area contributed by atoms with Gasteiger partial charge in [0.2, 0.25) is 5.78 Å². The van der Waals surface area contributed by atoms with Crippen molar-refractivity contribution >= 4 is 69.8 Å². The van der Waals surface area contributed by atoms with Gasteiger partial charge in [-0.25, -0.2) is 0 Å². The minimum absolute atomic E-state index is 0.000634. The van der Waals surface area contributed by atoms with Gasteiger partial charge in [-0.3, -0.25) is 57.5 Å². The first-order valence-corrected chi connectivity index (χ1v) is 54.4. The topological polar surface area (TPSA) is 284 Å². The molecule has 17 nitrogen and oxygen atoms in total. The molecule has 10 unspecified atom stereocenters. The van der Waals surface area contributed by atoms with Crippen LogP contribution in [0.15, 0.2) is 116 Å². The fraction of sp³-hybridized carbons (Fsp3) is 0.736. The molecule has 0 aromatic rings. The lowest BCUT2D eigenvalue weighted by atomic mass is 9.48. The Bertz CT molecular complexity index is 5400. The predicted molar refractivity (Wildman–Crippen MR) is 535 cm³/mol. The fourth-order valence-corrected chi connectivity index (χ4v) is 37.1. The average Bonchev–Trinajstić information content (AvgIpc) is 1.52. The SMILES string of the molecule is CC(=O)OCC(=O)[C@@]1(O)[C@H](C)CC2C3C[C@H](C)C4=CC(=O)CC[C@]4(C)C3=CC[C@@]21C.CC(=O)OCC(=O)[C@H]1[C@H](C)CC2C3C[C@H](C)C4=CC(=O)CC[C@]4(C)C3=CC[C@@]21C.CCC(=O)[C@@]1(O)CCC2C3C[C@H](C)C4=CC(=O)CC[C@]4(C)C3=CC[C@@]21C.CCC(=O)[C@@]1(O)[C@H](C)CC2C3C[C@H](C)C4=CC(=O)CC[C@]4(C)C3=CC[C@@]21C.CCC(=O)[C@H]1[C@H](C)CC2C3C[C@H](C)C4=CC(=O)CC[C@]4(C)C3=CC[C@@]21C. The lowest BCUT2D eigenvalue weighted by molar-refractivity contribution is -0.167. The summed E-state index contributed by atoms with van der Waals surface area (Å²) in [5.74, 6) is 7.58. The van der Waals surface area contributed by atoms with E-state index in [9.17, 15) is 72.9 Å². The molecule has 10 fully saturated rings. The third-order valence-electron chi connectivity index (χ3n) is 44.1. The minimum atomic E-state index is -1.50. The summed E-state index contributed by atoms with van der Waals surface area (Å²) < 4.78 is 10.0. The molecule has 754 valence electrons. The van der Waals surface area contributed by atoms with E-state index in [0.29, 0.717) is 170 Å². The Morgan fingerprint density at radius 2 is 0.601 bits per heavy atom. The molecule has 0 radical (unpaired) electrons. The maximum atomic E-state index is 13.1. The van der Waals surface area contributed by atoms with Crippen molar-refractivity contribution in [3.63, 3.8) is 0 Å². The van der Waals surface area contributed by atoms with E-state index >= 15 is 0 Å². The zero-order valence-electron chi connectivity index (χ0n) is 88.4. The Balaban J connectivity index is 0.000000125. The highest BCUT2D eigenvalue weighted by Crippen LogP contribution is 2.75. The highest BCUT2D eigenvalue weighted by molar-refractivity contribution is 5.96. The Labute approximate surface area is 824 Å². The summed E-state index contributed by atoms with van der Waals surface area (Å²) in [5, 5.41) is 34.8. The standard InChI is InChI=1S/C25H34O5.C25H34O4.C24H34O3.C24H34O2.C23H32O3/c1-14-10-18-19(23(4)8-6-17(27)12-20(14)23)7-9-24(5)21(18)11-15(2)25(24,29)22(28)13-30-16(3)26;1-14-10-18-19(24(4)8-6-17(27)12-20(14)24)7-9-25(5)21(18)11-15(2)23(25)22(28)13-29-16(3)26;1-6-21(26)24(27)15(3)12-20-17-11-14(2)19-13-16(25)7-9-22(19,4)18(17)8-10-23(20,24)5;1-6-21(26)22-15(3)12-20-17-11-14(2)19-13-16(25)7-9-23(19,4)18(17)8-10-24(20,22)5;1-5-20(25)23(26)11-8-18-16-12-14(2)19-13-15(24)6-9-21(19,3)17(16)7-10-22(18,23)4/h7,12,14-15,18,21,29H,6,8-11,13H2,1-5H3;7,12,14-15,18,21,23H,6,8-11,13H2,1-5H3;8,13-15,17,20,27H,6-7,9-12H2,1-5H3;8,13-15,17,20,22H,6-7,9-12H2,1-5H3;7,13-14,16,18,26H,5-6,8-12H2,1-4H3/t14-,15+,18?,21?,23+,24-,25-;14-,15+,18?,21?,23+,24+,25-;14-,15+,17?,20?,22+,23-,24-;14-,15+,17?,20?,22+,23+,24-;14-,16?,18?,21+,22-,23-/m00000/s1. The largest absolute Gasteiger partial charge is 0.458 e. The maximum absolute atomic E-state index is 13.1. The molecular weight excluding hydrogens is 1730 g/mol. The van der Waals surface area contributed by atoms with E-state index in [2.05, 4.69) is 148 Å². The molecule has 0 amide bonds. The molecule has 3 N–H and O–H groups in total. The zero-order chi connectivity index (χ0) is 101. The summed E-state index contributed by atoms with van der Waals surface area (Å²) >= 11 is 0. The number of Topliss-reactive ketones (excluding diaryl/α,β-unsaturated/α-hetero) is 5. The molecule has 20 aliphatic carbocycles. The second-order valence-corrected chi connectivity index (χ2v) is 51.2. The van der Waals surface area contributed by atoms with Crippen LogP contribution < -0.4 is 0 Å². The number of carbonyl (C=O) groups excluding carboxylic acids is 12. The van der Waals surface area contributed by atoms with Gasteiger partial charge >= 0.3 is 11.9 Å². The van der Waals surface area contributed by atoms with Crippen LogP contribution in [0.25, 0.3) is 0 Å². The number of carbonyl (C=O) groups is 12. The first-order valence-electron chi connectivity index (χ1n) is 54.4. The van der Waals surface area contributed by atoms with Crippen LogP contribution in [-0.2, 0) is 67.0 Å². The van der Waals surface area contributed by atoms with Gasteiger partial charge in [-0.2, -0.15) is 0 Å². The third-order valence-corrected chi connectivity index (χ3v) is 44.1. The molecule has 0 aromatic carbocycles. The first-order chi connectivity index (χ1) is 64.5. The molecule has 20 aliphatic rings. The van der Waals surface area contributed by atoms with E-state index < -0.39 is 34.2 Å². The van der Waals surface area contributed by atoms with E-state index in [1.165, 1.54) is 70.4 Å². The van der Waals surface area contributed by atoms with Crippen molar-refractivity contribution in [1.82, 2.24) is 0 Å². The van der Waals surface area contributed by atoms with Crippen LogP contribution in [0.2, 0.25) is 0 Å². The fourth-order valence-electron chi connectivity index (χ4n) is 37.1. The van der Waals surface area contributed by atoms with Gasteiger partial charge in [0.25, 0.3) is 0 Å². The number of hydrogen-bond donors (Lipinski definition) is 3. The number of rotatable bonds is 12. The van der Waals surface area contributed by atoms with Gasteiger partial charge in [0.05, 0.1) is 0 Å². The van der Waals surface area contributed by atoms with Crippen molar-refractivity contribution in [2.75, 3.05) is 13.2 Å². The number of hydrogen-bond acceptors (Lipinski definition) is 17. The first kappa shape index (κ1) is 104. The summed E-state index contributed by atoms with van der Waals surface area (Å²) in [7, 11) is 0. The Morgan fingerprint density at radius 3 is 0.913 bits per heavy atom. The van der Waals surface area contributed by atoms with E-state index in [1.54, 1.807) is 5.57 Å². The van der Waals surface area contributed by atoms with E-state index in [-0.39, 0.29) is 138 Å². The van der Waals surface area contributed by atoms with Crippen LogP contribution in [0.5, 0.6) is 0 Å². The van der Waals surface area contributed by atoms with Gasteiger partial charge in [0, 0.05) is 120 Å². The summed E-state index contributed by atoms with van der Waals surface area (Å²) in [6, 6.07) is 0. The van der Waals surface area contributed by atoms with Crippen LogP contribution in [0, 0.1) is 178 Å². The molecule has 0 saturated heterocycles. The number of aliphatic hydroxyl groups is 3. The molecule has 0 aliphatic heterocycles. The molecule has 34 atom stereocenters. The molecule has 0 bridgehead atoms.